The number of benzene rings is 3. The van der Waals surface area contributed by atoms with Gasteiger partial charge in [0.1, 0.15) is 11.5 Å². The molecule has 3 aromatic rings. The Morgan fingerprint density at radius 3 is 2.44 bits per heavy atom. The van der Waals surface area contributed by atoms with E-state index in [1.807, 2.05) is 60.7 Å². The second kappa shape index (κ2) is 4.01. The van der Waals surface area contributed by atoms with Gasteiger partial charge in [0.15, 0.2) is 5.60 Å². The van der Waals surface area contributed by atoms with Crippen LogP contribution < -0.4 is 4.74 Å². The number of ether oxygens (including phenoxy) is 2. The van der Waals surface area contributed by atoms with Gasteiger partial charge in [0.25, 0.3) is 0 Å². The lowest BCUT2D eigenvalue weighted by Crippen LogP contribution is -2.33. The van der Waals surface area contributed by atoms with Crippen LogP contribution in [0, 0.1) is 0 Å². The summed E-state index contributed by atoms with van der Waals surface area (Å²) in [4.78, 5) is 12.7. The quantitative estimate of drug-likeness (QED) is 0.442. The Kier molecular flexibility index (Phi) is 2.09. The first-order valence-corrected chi connectivity index (χ1v) is 8.19. The number of rotatable bonds is 0. The first kappa shape index (κ1) is 13.0. The number of carbonyl (C=O) groups excluding carboxylic acids is 1. The summed E-state index contributed by atoms with van der Waals surface area (Å²) in [6.07, 6.45) is 0. The molecule has 0 saturated carbocycles. The predicted molar refractivity (Wildman–Crippen MR) is 92.8 cm³/mol. The largest absolute Gasteiger partial charge is 0.456 e. The van der Waals surface area contributed by atoms with E-state index in [1.165, 1.54) is 0 Å². The topological polar surface area (TPSA) is 35.5 Å². The van der Waals surface area contributed by atoms with Crippen molar-refractivity contribution in [3.8, 4) is 11.5 Å². The lowest BCUT2D eigenvalue weighted by atomic mass is 9.77. The molecule has 118 valence electrons. The van der Waals surface area contributed by atoms with E-state index in [4.69, 9.17) is 9.47 Å². The zero-order valence-electron chi connectivity index (χ0n) is 13.2. The van der Waals surface area contributed by atoms with Gasteiger partial charge in [-0.05, 0) is 29.3 Å². The highest BCUT2D eigenvalue weighted by Crippen LogP contribution is 2.61. The van der Waals surface area contributed by atoms with Gasteiger partial charge in [-0.15, -0.1) is 0 Å². The van der Waals surface area contributed by atoms with Crippen LogP contribution in [0.3, 0.4) is 0 Å². The Hall–Kier alpha value is -3.33. The van der Waals surface area contributed by atoms with Crippen molar-refractivity contribution < 1.29 is 14.3 Å². The van der Waals surface area contributed by atoms with Crippen LogP contribution in [0.2, 0.25) is 0 Å². The molecule has 0 fully saturated rings. The zero-order chi connectivity index (χ0) is 16.8. The zero-order valence-corrected chi connectivity index (χ0v) is 13.2. The van der Waals surface area contributed by atoms with Crippen LogP contribution in [-0.2, 0) is 10.3 Å². The van der Waals surface area contributed by atoms with Crippen LogP contribution in [0.4, 0.5) is 0 Å². The van der Waals surface area contributed by atoms with E-state index in [0.29, 0.717) is 11.3 Å². The molecule has 0 aromatic heterocycles. The smallest absolute Gasteiger partial charge is 0.340 e. The maximum absolute atomic E-state index is 12.7. The molecule has 2 aliphatic heterocycles. The van der Waals surface area contributed by atoms with Gasteiger partial charge in [-0.25, -0.2) is 4.79 Å². The molecule has 0 bridgehead atoms. The molecular formula is C22H12O3. The molecule has 1 atom stereocenters. The van der Waals surface area contributed by atoms with E-state index < -0.39 is 5.60 Å². The van der Waals surface area contributed by atoms with E-state index >= 15 is 0 Å². The maximum Gasteiger partial charge on any atom is 0.340 e. The third kappa shape index (κ3) is 1.36. The van der Waals surface area contributed by atoms with Gasteiger partial charge in [-0.1, -0.05) is 49.0 Å². The van der Waals surface area contributed by atoms with E-state index in [0.717, 1.165) is 39.1 Å². The second-order valence-corrected chi connectivity index (χ2v) is 6.55. The molecule has 3 heteroatoms. The summed E-state index contributed by atoms with van der Waals surface area (Å²) < 4.78 is 12.3. The lowest BCUT2D eigenvalue weighted by molar-refractivity contribution is 0.0224. The lowest BCUT2D eigenvalue weighted by Gasteiger charge is -2.36. The van der Waals surface area contributed by atoms with E-state index in [9.17, 15) is 4.79 Å². The summed E-state index contributed by atoms with van der Waals surface area (Å²) in [5.41, 5.74) is 5.41. The van der Waals surface area contributed by atoms with Gasteiger partial charge >= 0.3 is 5.97 Å². The van der Waals surface area contributed by atoms with Crippen LogP contribution in [0.1, 0.15) is 38.2 Å². The molecule has 25 heavy (non-hydrogen) atoms. The van der Waals surface area contributed by atoms with Crippen molar-refractivity contribution in [3.63, 3.8) is 0 Å². The Morgan fingerprint density at radius 1 is 0.800 bits per heavy atom. The molecule has 6 rings (SSSR count). The minimum Gasteiger partial charge on any atom is -0.456 e. The summed E-state index contributed by atoms with van der Waals surface area (Å²) in [7, 11) is 0. The molecule has 3 aromatic carbocycles. The van der Waals surface area contributed by atoms with Crippen molar-refractivity contribution >= 4 is 11.5 Å². The fourth-order valence-corrected chi connectivity index (χ4v) is 4.21. The molecular weight excluding hydrogens is 312 g/mol. The van der Waals surface area contributed by atoms with Crippen molar-refractivity contribution in [1.29, 1.82) is 0 Å². The predicted octanol–water partition coefficient (Wildman–Crippen LogP) is 4.63. The minimum atomic E-state index is -0.970. The molecule has 1 unspecified atom stereocenters. The van der Waals surface area contributed by atoms with Gasteiger partial charge < -0.3 is 9.47 Å². The van der Waals surface area contributed by atoms with Gasteiger partial charge in [0.2, 0.25) is 0 Å². The summed E-state index contributed by atoms with van der Waals surface area (Å²) in [5.74, 6) is 1.13. The number of hydrogen-bond acceptors (Lipinski definition) is 3. The normalized spacial score (nSPS) is 21.0. The Bertz CT molecular complexity index is 1140. The standard InChI is InChI=1S/C22H12O3/c1-12-13-10-11-18-20(19(12)13)22(16-8-4-5-9-17(16)24-18)15-7-3-2-6-14(15)21(23)25-22/h2-11H,1H2. The third-order valence-corrected chi connectivity index (χ3v) is 5.34. The van der Waals surface area contributed by atoms with E-state index in [1.54, 1.807) is 0 Å². The second-order valence-electron chi connectivity index (χ2n) is 6.55. The molecule has 0 radical (unpaired) electrons. The fourth-order valence-electron chi connectivity index (χ4n) is 4.21. The van der Waals surface area contributed by atoms with Gasteiger partial charge in [-0.3, -0.25) is 0 Å². The molecule has 3 aliphatic rings. The van der Waals surface area contributed by atoms with Crippen molar-refractivity contribution in [1.82, 2.24) is 0 Å². The Labute approximate surface area is 144 Å². The average Bonchev–Trinajstić information content (AvgIpc) is 3.21. The van der Waals surface area contributed by atoms with E-state index in [2.05, 4.69) is 6.58 Å². The molecule has 2 heterocycles. The van der Waals surface area contributed by atoms with E-state index in [-0.39, 0.29) is 5.97 Å². The molecule has 3 nitrogen and oxygen atoms in total. The maximum atomic E-state index is 12.7. The molecule has 0 saturated heterocycles. The monoisotopic (exact) mass is 324 g/mol. The van der Waals surface area contributed by atoms with Crippen molar-refractivity contribution in [2.75, 3.05) is 0 Å². The van der Waals surface area contributed by atoms with Crippen LogP contribution >= 0.6 is 0 Å². The number of fused-ring (bicyclic) bond motifs is 8. The van der Waals surface area contributed by atoms with Gasteiger partial charge in [0, 0.05) is 16.7 Å². The Morgan fingerprint density at radius 2 is 1.56 bits per heavy atom. The highest BCUT2D eigenvalue weighted by atomic mass is 16.6. The molecule has 0 N–H and O–H groups in total. The minimum absolute atomic E-state index is 0.304. The molecule has 1 aliphatic carbocycles. The van der Waals surface area contributed by atoms with Gasteiger partial charge in [0.05, 0.1) is 11.1 Å². The summed E-state index contributed by atoms with van der Waals surface area (Å²) in [6.45, 7) is 4.13. The Balaban J connectivity index is 1.80. The van der Waals surface area contributed by atoms with Crippen LogP contribution in [0.25, 0.3) is 5.57 Å². The number of carbonyl (C=O) groups is 1. The molecule has 0 amide bonds. The number of para-hydroxylation sites is 1. The van der Waals surface area contributed by atoms with Crippen LogP contribution in [-0.4, -0.2) is 5.97 Å². The van der Waals surface area contributed by atoms with Gasteiger partial charge in [-0.2, -0.15) is 0 Å². The first-order valence-electron chi connectivity index (χ1n) is 8.19. The highest BCUT2D eigenvalue weighted by Gasteiger charge is 2.56. The third-order valence-electron chi connectivity index (χ3n) is 5.34. The first-order chi connectivity index (χ1) is 12.2. The molecule has 1 spiro atoms. The van der Waals surface area contributed by atoms with Crippen molar-refractivity contribution in [2.24, 2.45) is 0 Å². The summed E-state index contributed by atoms with van der Waals surface area (Å²) >= 11 is 0. The number of hydrogen-bond donors (Lipinski definition) is 0. The van der Waals surface area contributed by atoms with Crippen LogP contribution in [0.15, 0.2) is 67.2 Å². The van der Waals surface area contributed by atoms with Crippen molar-refractivity contribution in [3.05, 3.63) is 101 Å². The summed E-state index contributed by atoms with van der Waals surface area (Å²) in [5, 5.41) is 0. The van der Waals surface area contributed by atoms with Crippen molar-refractivity contribution in [2.45, 2.75) is 5.60 Å². The van der Waals surface area contributed by atoms with Crippen LogP contribution in [0.5, 0.6) is 11.5 Å². The average molecular weight is 324 g/mol. The number of esters is 1. The fraction of sp³-hybridized carbons (Fsp3) is 0.0455. The SMILES string of the molecule is C=C1c2ccc3c(c21)C1(OC(=O)c2ccccc21)c1ccccc1O3. The highest BCUT2D eigenvalue weighted by molar-refractivity contribution is 6.04. The summed E-state index contributed by atoms with van der Waals surface area (Å²) in [6, 6.07) is 19.3.